The van der Waals surface area contributed by atoms with Gasteiger partial charge < -0.3 is 62.6 Å². The number of aliphatic hydroxyl groups excluding tert-OH is 5. The van der Waals surface area contributed by atoms with Crippen LogP contribution in [-0.2, 0) is 108 Å². The largest absolute Gasteiger partial charge is 1.00 e. The maximum atomic E-state index is 14.5. The van der Waals surface area contributed by atoms with Crippen molar-refractivity contribution in [2.75, 3.05) is 43.6 Å². The van der Waals surface area contributed by atoms with E-state index in [1.165, 1.54) is 75.4 Å². The van der Waals surface area contributed by atoms with Crippen LogP contribution in [0.3, 0.4) is 0 Å². The van der Waals surface area contributed by atoms with E-state index in [1.54, 1.807) is 119 Å². The molecule has 2 aliphatic rings. The van der Waals surface area contributed by atoms with Gasteiger partial charge >= 0.3 is 57.4 Å². The molecule has 8 N–H and O–H groups in total. The second-order valence-electron chi connectivity index (χ2n) is 38.3. The van der Waals surface area contributed by atoms with E-state index in [2.05, 4.69) is 245 Å². The third-order valence-corrected chi connectivity index (χ3v) is 39.0. The normalized spacial score (nSPS) is 17.5. The summed E-state index contributed by atoms with van der Waals surface area (Å²) in [6, 6.07) is 32.4. The number of aliphatic carboxylic acids is 1. The number of aliphatic hydroxyl groups is 5. The molecule has 9 atom stereocenters. The van der Waals surface area contributed by atoms with Crippen molar-refractivity contribution >= 4 is 236 Å². The van der Waals surface area contributed by atoms with Crippen molar-refractivity contribution in [3.05, 3.63) is 276 Å². The number of carboxylic acids is 1. The van der Waals surface area contributed by atoms with Crippen molar-refractivity contribution in [3.8, 4) is 0 Å². The Bertz CT molecular complexity index is 5320. The molecule has 0 saturated carbocycles. The Hall–Kier alpha value is -0.805. The van der Waals surface area contributed by atoms with E-state index >= 15 is 0 Å². The third-order valence-electron chi connectivity index (χ3n) is 23.7. The van der Waals surface area contributed by atoms with E-state index in [-0.39, 0.29) is 134 Å². The number of allylic oxidation sites excluding steroid dienone is 1. The average Bonchev–Trinajstić information content (AvgIpc) is 1.61. The Morgan fingerprint density at radius 3 is 1.22 bits per heavy atom. The minimum Gasteiger partial charge on any atom is -0.742 e. The number of carbonyl (C=O) groups excluding carboxylic acids is 1. The maximum absolute atomic E-state index is 14.5. The summed E-state index contributed by atoms with van der Waals surface area (Å²) in [6.45, 7) is 55.1. The second-order valence-corrected chi connectivity index (χ2v) is 60.5. The quantitative estimate of drug-likeness (QED) is 0.00452. The van der Waals surface area contributed by atoms with E-state index in [0.717, 1.165) is 34.9 Å². The standard InChI is InChI=1S/C18H28BrFO4SSi.C18H30BrFO2Si.C13H14BrFO2S.C13H16BrFO.C12H16BrFO2.C10H10BrFO2.C9H11BrFNO.C3H6.C2H4OS.CH3BS.CH4.Cl2OS.ClH.K/c1-17(2,3)26(5,6)23-10-9-16-18(4,12-25(21,22)24-16)14-11-13(19)7-8-15(14)20;1-17(2,3)23(6,7)22-11-10-16(21)18(4,5)14-12-13(19)8-9-15(14)20;1-3-4-12-13(2,8-18(16)17-12)10-7-9(14)5-6-11(10)15;1-4-5-12(16)13(2,3)10-8-9(14)6-7-11(10)15;1-12(2,11(16)5-6-15)9-7-8(13)3-4-10(9)14;1-10(2,9(13)14)7-5-6(11)3-4-8(7)12;1-9(12,5-13)7-4-6(10)2-3-8(7)11;1-3-2;1-2(3)4;2-1-3;;1-4(2)3;;/h7-8,11,16H,9-10,12H2,1-6H3;8-9,12,16,21H,10-11H2,1-7H3;3,5-7,12H,1,4,8H2,2H3;4,6-8,12,16H,1,5H2,2-3H3;3-4,7,11,15-16H,5-6H2,1-2H3;3-5H,1-2H3,(H,13,14);2-4,13H,5,12H2,1H3;3H,1H2,2H3;1H3,(H,3,4);3H,1H2;1H4;;1H;/q;;;;;;;;;;;;;+1/p-1/t16?,18-;;12?,13-,18?;;;;9-;;;;;;;/m1.1...0......./s1/i/hTD. The fourth-order valence-corrected chi connectivity index (χ4v) is 20.7. The zero-order chi connectivity index (χ0) is 112. The topological polar surface area (TPSA) is 287 Å². The van der Waals surface area contributed by atoms with Crippen LogP contribution in [0.2, 0.25) is 36.3 Å². The van der Waals surface area contributed by atoms with Crippen LogP contribution < -0.4 is 57.1 Å². The molecule has 0 spiro atoms. The number of rotatable bonds is 27. The first-order chi connectivity index (χ1) is 65.3. The summed E-state index contributed by atoms with van der Waals surface area (Å²) in [5.41, 5.74) is 3.12. The average molecular weight is 2680 g/mol. The van der Waals surface area contributed by atoms with Gasteiger partial charge in [0.25, 0.3) is 10.1 Å². The fraction of sp³-hybridized carbons (Fsp3) is 0.500. The smallest absolute Gasteiger partial charge is 0.742 e. The third kappa shape index (κ3) is 50.7. The Morgan fingerprint density at radius 1 is 0.615 bits per heavy atom. The van der Waals surface area contributed by atoms with Crippen molar-refractivity contribution in [2.45, 2.75) is 276 Å². The minimum absolute atomic E-state index is 0. The first-order valence-electron chi connectivity index (χ1n) is 44.3. The SMILES string of the molecule is C.C=CC.C=CCC(O)C(C)(C)c1cc(Br)ccc1F.C=CCC1OS(=O)C[C@]1(C)c1cc(Br)ccc1F.CC(=O)[S-].CC(C)(C(=O)O)c1cc(Br)ccc1F.CC(C)(C)[Si](C)(C)OCCC1OS(=O)(=O)C[C@]1(C)c1cc(Br)ccc1F.CC(C)(c1cc(Br)ccc1F)C(O)CCO.CC(C)(c1cc(Br)ccc1F)C(O)CCO[Si](C)(C)C(C)(C)C.C[C@](N)(CO)c1cc(Br)ccc1F.O=S(Cl)Cl.[2H]SC[B].[3H]Cl.[K+]. The van der Waals surface area contributed by atoms with Gasteiger partial charge in [0.05, 0.1) is 67.4 Å². The fourth-order valence-electron chi connectivity index (χ4n) is 12.8. The number of benzene rings is 7. The molecule has 9 rings (SSSR count). The van der Waals surface area contributed by atoms with Crippen molar-refractivity contribution in [3.63, 3.8) is 0 Å². The molecule has 143 heavy (non-hydrogen) atoms. The zero-order valence-electron chi connectivity index (χ0n) is 86.7. The first kappa shape index (κ1) is 146. The van der Waals surface area contributed by atoms with E-state index in [1.807, 2.05) is 41.5 Å². The summed E-state index contributed by atoms with van der Waals surface area (Å²) < 4.78 is 181. The van der Waals surface area contributed by atoms with Crippen LogP contribution in [0.25, 0.3) is 0 Å². The molecule has 0 aromatic heterocycles. The number of hydrogen-bond acceptors (Lipinski definition) is 18. The van der Waals surface area contributed by atoms with Gasteiger partial charge in [0, 0.05) is 116 Å². The molecule has 2 aliphatic heterocycles. The Labute approximate surface area is 984 Å². The van der Waals surface area contributed by atoms with Gasteiger partial charge in [-0.15, -0.1) is 32.1 Å². The van der Waals surface area contributed by atoms with Gasteiger partial charge in [-0.25, -0.2) is 39.2 Å². The van der Waals surface area contributed by atoms with Gasteiger partial charge in [-0.05, 0) is 264 Å². The van der Waals surface area contributed by atoms with Crippen molar-refractivity contribution in [1.29, 1.82) is 2.30 Å². The molecule has 2 fully saturated rings. The van der Waals surface area contributed by atoms with Crippen LogP contribution in [0.4, 0.5) is 30.7 Å². The predicted molar refractivity (Wildman–Crippen MR) is 611 cm³/mol. The van der Waals surface area contributed by atoms with Gasteiger partial charge in [-0.2, -0.15) is 21.0 Å². The molecule has 7 aromatic rings. The summed E-state index contributed by atoms with van der Waals surface area (Å²) in [5, 5.41) is 57.1. The van der Waals surface area contributed by atoms with Crippen molar-refractivity contribution < 1.29 is 156 Å². The summed E-state index contributed by atoms with van der Waals surface area (Å²) in [5.74, 6) is -3.53. The predicted octanol–water partition coefficient (Wildman–Crippen LogP) is 25.6. The van der Waals surface area contributed by atoms with Gasteiger partial charge in [-0.1, -0.05) is 234 Å². The molecule has 7 aromatic carbocycles. The monoisotopic (exact) mass is 2670 g/mol. The maximum Gasteiger partial charge on any atom is 1.00 e. The van der Waals surface area contributed by atoms with Gasteiger partial charge in [0.15, 0.2) is 27.7 Å². The summed E-state index contributed by atoms with van der Waals surface area (Å²) in [4.78, 5) is 20.2. The molecular formula is C100H142BBr7Cl3F7KNO16S5Si2. The zero-order valence-corrected chi connectivity index (χ0v) is 107. The molecule has 6 unspecified atom stereocenters. The molecule has 804 valence electrons. The second kappa shape index (κ2) is 68.6. The van der Waals surface area contributed by atoms with E-state index in [0.29, 0.717) is 92.6 Å². The molecule has 43 heteroatoms. The van der Waals surface area contributed by atoms with Crippen molar-refractivity contribution in [2.24, 2.45) is 5.73 Å². The van der Waals surface area contributed by atoms with Crippen LogP contribution in [0.5, 0.6) is 0 Å². The molecule has 2 heterocycles. The van der Waals surface area contributed by atoms with Gasteiger partial charge in [0.2, 0.25) is 9.23 Å². The van der Waals surface area contributed by atoms with Crippen LogP contribution in [-0.4, -0.2) is 159 Å². The van der Waals surface area contributed by atoms with Crippen molar-refractivity contribution in [1.82, 2.24) is 0 Å². The number of carbonyl (C=O) groups is 2. The summed E-state index contributed by atoms with van der Waals surface area (Å²) >= 11 is 30.4. The number of thiol groups is 1. The molecule has 2 radical (unpaired) electrons. The van der Waals surface area contributed by atoms with Crippen LogP contribution in [0, 0.1) is 40.7 Å². The van der Waals surface area contributed by atoms with E-state index in [4.69, 9.17) is 52.6 Å². The van der Waals surface area contributed by atoms with Crippen LogP contribution >= 0.6 is 158 Å². The van der Waals surface area contributed by atoms with Crippen LogP contribution in [0.15, 0.2) is 197 Å². The number of hydrogen-bond donors (Lipinski definition) is 8. The summed E-state index contributed by atoms with van der Waals surface area (Å²) in [6.07, 6.45) is 4.17. The molecule has 0 amide bonds. The number of nitrogens with two attached hydrogens (primary N) is 1. The molecule has 0 aliphatic carbocycles. The molecule has 17 nitrogen and oxygen atoms in total. The van der Waals surface area contributed by atoms with Crippen LogP contribution in [0.1, 0.15) is 210 Å². The minimum atomic E-state index is -3.70. The van der Waals surface area contributed by atoms with Gasteiger partial charge in [-0.3, -0.25) is 13.2 Å². The summed E-state index contributed by atoms with van der Waals surface area (Å²) in [7, 11) is 4.69. The van der Waals surface area contributed by atoms with Gasteiger partial charge in [0.1, 0.15) is 43.0 Å². The Morgan fingerprint density at radius 2 is 0.909 bits per heavy atom. The Kier molecular flexibility index (Phi) is 70.1. The molecular weight excluding hydrogens is 2540 g/mol. The Balaban J connectivity index is -0.000000515. The van der Waals surface area contributed by atoms with E-state index < -0.39 is 133 Å². The first-order valence-corrected chi connectivity index (χ1v) is 61.5. The molecule has 2 saturated heterocycles. The number of carboxylic acid groups (broad SMARTS) is 1. The number of halogens is 17. The molecule has 0 bridgehead atoms. The van der Waals surface area contributed by atoms with E-state index in [9.17, 15) is 68.3 Å².